The average molecular weight is 470 g/mol. The van der Waals surface area contributed by atoms with E-state index < -0.39 is 0 Å². The van der Waals surface area contributed by atoms with Crippen LogP contribution in [-0.2, 0) is 16.0 Å². The smallest absolute Gasteiger partial charge is 0.341 e. The van der Waals surface area contributed by atoms with Crippen LogP contribution < -0.4 is 5.32 Å². The zero-order valence-electron chi connectivity index (χ0n) is 19.1. The maximum atomic E-state index is 12.7. The number of hydrogen-bond acceptors (Lipinski definition) is 8. The zero-order chi connectivity index (χ0) is 22.7. The Labute approximate surface area is 197 Å². The first-order valence-corrected chi connectivity index (χ1v) is 12.7. The molecule has 2 aliphatic rings. The molecule has 9 heteroatoms. The second-order valence-corrected chi connectivity index (χ2v) is 9.74. The van der Waals surface area contributed by atoms with Crippen LogP contribution in [0.15, 0.2) is 30.5 Å². The SMILES string of the molecule is CCOC(=O)c1cnn(-c2nc3ccccc3s2)c1CNCC1(N2CCOCC2)CCCC1. The number of morpholine rings is 1. The summed E-state index contributed by atoms with van der Waals surface area (Å²) in [4.78, 5) is 20.0. The molecule has 0 unspecified atom stereocenters. The number of esters is 1. The lowest BCUT2D eigenvalue weighted by atomic mass is 9.94. The van der Waals surface area contributed by atoms with Gasteiger partial charge in [-0.3, -0.25) is 4.90 Å². The number of ether oxygens (including phenoxy) is 2. The molecule has 2 fully saturated rings. The Balaban J connectivity index is 1.40. The molecule has 1 aliphatic heterocycles. The quantitative estimate of drug-likeness (QED) is 0.507. The van der Waals surface area contributed by atoms with Crippen LogP contribution in [0.2, 0.25) is 0 Å². The van der Waals surface area contributed by atoms with Crippen LogP contribution in [0.4, 0.5) is 0 Å². The van der Waals surface area contributed by atoms with Gasteiger partial charge in [0.05, 0.1) is 41.9 Å². The molecule has 0 amide bonds. The molecular formula is C24H31N5O3S. The summed E-state index contributed by atoms with van der Waals surface area (Å²) < 4.78 is 13.8. The van der Waals surface area contributed by atoms with Gasteiger partial charge in [0.15, 0.2) is 0 Å². The van der Waals surface area contributed by atoms with E-state index in [1.165, 1.54) is 25.7 Å². The fraction of sp³-hybridized carbons (Fsp3) is 0.542. The van der Waals surface area contributed by atoms with Crippen LogP contribution in [-0.4, -0.2) is 70.6 Å². The predicted molar refractivity (Wildman–Crippen MR) is 128 cm³/mol. The highest BCUT2D eigenvalue weighted by Crippen LogP contribution is 2.35. The third kappa shape index (κ3) is 4.55. The zero-order valence-corrected chi connectivity index (χ0v) is 19.9. The fourth-order valence-electron chi connectivity index (χ4n) is 5.13. The van der Waals surface area contributed by atoms with Crippen LogP contribution in [0.25, 0.3) is 15.3 Å². The number of hydrogen-bond donors (Lipinski definition) is 1. The summed E-state index contributed by atoms with van der Waals surface area (Å²) >= 11 is 1.57. The minimum absolute atomic E-state index is 0.161. The van der Waals surface area contributed by atoms with Gasteiger partial charge < -0.3 is 14.8 Å². The van der Waals surface area contributed by atoms with E-state index in [-0.39, 0.29) is 11.5 Å². The number of carbonyl (C=O) groups is 1. The second kappa shape index (κ2) is 9.89. The second-order valence-electron chi connectivity index (χ2n) is 8.74. The van der Waals surface area contributed by atoms with Crippen molar-refractivity contribution in [2.45, 2.75) is 44.7 Å². The molecule has 0 bridgehead atoms. The number of fused-ring (bicyclic) bond motifs is 1. The Hall–Kier alpha value is -2.33. The Morgan fingerprint density at radius 1 is 1.24 bits per heavy atom. The summed E-state index contributed by atoms with van der Waals surface area (Å²) in [7, 11) is 0. The normalized spacial score (nSPS) is 18.7. The number of carbonyl (C=O) groups excluding carboxylic acids is 1. The van der Waals surface area contributed by atoms with E-state index in [1.807, 2.05) is 25.1 Å². The Bertz CT molecular complexity index is 1070. The van der Waals surface area contributed by atoms with Crippen LogP contribution >= 0.6 is 11.3 Å². The lowest BCUT2D eigenvalue weighted by Crippen LogP contribution is -2.56. The summed E-state index contributed by atoms with van der Waals surface area (Å²) in [5, 5.41) is 8.97. The van der Waals surface area contributed by atoms with Crippen LogP contribution in [0.3, 0.4) is 0 Å². The van der Waals surface area contributed by atoms with E-state index in [1.54, 1.807) is 22.2 Å². The molecule has 1 N–H and O–H groups in total. The summed E-state index contributed by atoms with van der Waals surface area (Å²) in [6.45, 7) is 7.13. The highest BCUT2D eigenvalue weighted by molar-refractivity contribution is 7.20. The summed E-state index contributed by atoms with van der Waals surface area (Å²) in [6.07, 6.45) is 6.52. The molecule has 0 atom stereocenters. The lowest BCUT2D eigenvalue weighted by molar-refractivity contribution is -0.0205. The van der Waals surface area contributed by atoms with E-state index in [2.05, 4.69) is 21.4 Å². The molecule has 0 radical (unpaired) electrons. The molecule has 1 saturated carbocycles. The molecule has 8 nitrogen and oxygen atoms in total. The van der Waals surface area contributed by atoms with Gasteiger partial charge in [0.1, 0.15) is 5.56 Å². The van der Waals surface area contributed by atoms with Crippen molar-refractivity contribution >= 4 is 27.5 Å². The van der Waals surface area contributed by atoms with Crippen molar-refractivity contribution in [1.29, 1.82) is 0 Å². The molecule has 33 heavy (non-hydrogen) atoms. The maximum Gasteiger partial charge on any atom is 0.341 e. The van der Waals surface area contributed by atoms with Gasteiger partial charge in [-0.05, 0) is 31.9 Å². The molecule has 176 valence electrons. The van der Waals surface area contributed by atoms with Gasteiger partial charge in [-0.1, -0.05) is 36.3 Å². The van der Waals surface area contributed by atoms with Crippen molar-refractivity contribution in [3.05, 3.63) is 41.7 Å². The van der Waals surface area contributed by atoms with Crippen molar-refractivity contribution in [1.82, 2.24) is 25.0 Å². The molecular weight excluding hydrogens is 438 g/mol. The number of para-hydroxylation sites is 1. The molecule has 3 aromatic rings. The van der Waals surface area contributed by atoms with Crippen LogP contribution in [0.5, 0.6) is 0 Å². The standard InChI is InChI=1S/C24H31N5O3S/c1-2-32-22(30)18-15-26-29(23-27-19-7-3-4-8-21(19)33-23)20(18)16-25-17-24(9-5-6-10-24)28-11-13-31-14-12-28/h3-4,7-8,15,25H,2,5-6,9-14,16-17H2,1H3. The van der Waals surface area contributed by atoms with Gasteiger partial charge in [-0.25, -0.2) is 14.5 Å². The number of benzene rings is 1. The molecule has 5 rings (SSSR count). The van der Waals surface area contributed by atoms with E-state index >= 15 is 0 Å². The lowest BCUT2D eigenvalue weighted by Gasteiger charge is -2.43. The fourth-order valence-corrected chi connectivity index (χ4v) is 6.08. The van der Waals surface area contributed by atoms with Crippen molar-refractivity contribution in [2.75, 3.05) is 39.5 Å². The molecule has 0 spiro atoms. The van der Waals surface area contributed by atoms with Crippen molar-refractivity contribution < 1.29 is 14.3 Å². The third-order valence-electron chi connectivity index (χ3n) is 6.79. The van der Waals surface area contributed by atoms with Gasteiger partial charge in [0, 0.05) is 31.7 Å². The minimum Gasteiger partial charge on any atom is -0.462 e. The molecule has 1 aliphatic carbocycles. The first kappa shape index (κ1) is 22.5. The van der Waals surface area contributed by atoms with Gasteiger partial charge in [-0.15, -0.1) is 0 Å². The number of nitrogens with zero attached hydrogens (tertiary/aromatic N) is 4. The number of nitrogens with one attached hydrogen (secondary N) is 1. The van der Waals surface area contributed by atoms with Crippen LogP contribution in [0, 0.1) is 0 Å². The predicted octanol–water partition coefficient (Wildman–Crippen LogP) is 3.39. The van der Waals surface area contributed by atoms with Gasteiger partial charge >= 0.3 is 5.97 Å². The topological polar surface area (TPSA) is 81.5 Å². The van der Waals surface area contributed by atoms with E-state index in [4.69, 9.17) is 14.5 Å². The molecule has 1 aromatic carbocycles. The first-order valence-electron chi connectivity index (χ1n) is 11.8. The molecule has 2 aromatic heterocycles. The monoisotopic (exact) mass is 469 g/mol. The average Bonchev–Trinajstić information content (AvgIpc) is 3.58. The van der Waals surface area contributed by atoms with Crippen molar-refractivity contribution in [3.63, 3.8) is 0 Å². The Morgan fingerprint density at radius 3 is 2.79 bits per heavy atom. The highest BCUT2D eigenvalue weighted by Gasteiger charge is 2.39. The van der Waals surface area contributed by atoms with Gasteiger partial charge in [-0.2, -0.15) is 5.10 Å². The summed E-state index contributed by atoms with van der Waals surface area (Å²) in [5.41, 5.74) is 2.38. The van der Waals surface area contributed by atoms with Crippen molar-refractivity contribution in [3.8, 4) is 5.13 Å². The third-order valence-corrected chi connectivity index (χ3v) is 7.80. The number of thiazole rings is 1. The minimum atomic E-state index is -0.342. The van der Waals surface area contributed by atoms with E-state index in [0.29, 0.717) is 18.7 Å². The van der Waals surface area contributed by atoms with Gasteiger partial charge in [0.25, 0.3) is 0 Å². The highest BCUT2D eigenvalue weighted by atomic mass is 32.1. The van der Waals surface area contributed by atoms with E-state index in [9.17, 15) is 4.79 Å². The summed E-state index contributed by atoms with van der Waals surface area (Å²) in [5.74, 6) is -0.342. The molecule has 1 saturated heterocycles. The Kier molecular flexibility index (Phi) is 6.73. The largest absolute Gasteiger partial charge is 0.462 e. The number of aromatic nitrogens is 3. The van der Waals surface area contributed by atoms with Gasteiger partial charge in [0.2, 0.25) is 5.13 Å². The van der Waals surface area contributed by atoms with Crippen LogP contribution in [0.1, 0.15) is 48.7 Å². The Morgan fingerprint density at radius 2 is 2.03 bits per heavy atom. The van der Waals surface area contributed by atoms with Crippen molar-refractivity contribution in [2.24, 2.45) is 0 Å². The molecule has 3 heterocycles. The summed E-state index contributed by atoms with van der Waals surface area (Å²) in [6, 6.07) is 8.03. The number of rotatable bonds is 8. The van der Waals surface area contributed by atoms with E-state index in [0.717, 1.165) is 53.9 Å². The maximum absolute atomic E-state index is 12.7. The first-order chi connectivity index (χ1) is 16.2.